The molecule has 0 aliphatic carbocycles. The van der Waals surface area contributed by atoms with Crippen LogP contribution in [-0.4, -0.2) is 24.7 Å². The van der Waals surface area contributed by atoms with Crippen molar-refractivity contribution >= 4 is 22.9 Å². The monoisotopic (exact) mass is 262 g/mol. The number of nitrogens with one attached hydrogen (secondary N) is 1. The molecule has 1 aromatic heterocycles. The smallest absolute Gasteiger partial charge is 0.113 e. The lowest BCUT2D eigenvalue weighted by Gasteiger charge is -2.06. The number of nitrogens with zero attached hydrogens (tertiary/aromatic N) is 1. The zero-order valence-electron chi connectivity index (χ0n) is 9.83. The van der Waals surface area contributed by atoms with Crippen LogP contribution in [0.4, 0.5) is 0 Å². The summed E-state index contributed by atoms with van der Waals surface area (Å²) in [6.45, 7) is 7.73. The van der Waals surface area contributed by atoms with Gasteiger partial charge >= 0.3 is 0 Å². The topological polar surface area (TPSA) is 34.1 Å². The van der Waals surface area contributed by atoms with Crippen molar-refractivity contribution < 1.29 is 4.74 Å². The molecule has 0 aliphatic rings. The molecule has 92 valence electrons. The predicted octanol–water partition coefficient (Wildman–Crippen LogP) is 2.95. The van der Waals surface area contributed by atoms with Crippen LogP contribution < -0.4 is 5.32 Å². The van der Waals surface area contributed by atoms with Gasteiger partial charge in [-0.3, -0.25) is 0 Å². The zero-order valence-corrected chi connectivity index (χ0v) is 11.4. The molecule has 3 nitrogen and oxygen atoms in total. The van der Waals surface area contributed by atoms with Gasteiger partial charge in [-0.1, -0.05) is 25.4 Å². The first-order chi connectivity index (χ1) is 7.68. The van der Waals surface area contributed by atoms with E-state index in [1.807, 2.05) is 0 Å². The second-order valence-electron chi connectivity index (χ2n) is 4.06. The summed E-state index contributed by atoms with van der Waals surface area (Å²) in [4.78, 5) is 4.17. The Morgan fingerprint density at radius 3 is 3.00 bits per heavy atom. The van der Waals surface area contributed by atoms with Crippen molar-refractivity contribution in [1.29, 1.82) is 0 Å². The minimum absolute atomic E-state index is 0.616. The van der Waals surface area contributed by atoms with Crippen LogP contribution in [0, 0.1) is 5.92 Å². The van der Waals surface area contributed by atoms with Gasteiger partial charge in [0.25, 0.3) is 0 Å². The van der Waals surface area contributed by atoms with Crippen LogP contribution in [0.3, 0.4) is 0 Å². The van der Waals surface area contributed by atoms with E-state index in [-0.39, 0.29) is 0 Å². The maximum Gasteiger partial charge on any atom is 0.113 e. The van der Waals surface area contributed by atoms with Gasteiger partial charge in [0.1, 0.15) is 9.34 Å². The van der Waals surface area contributed by atoms with E-state index in [2.05, 4.69) is 24.1 Å². The first kappa shape index (κ1) is 13.9. The molecule has 0 saturated carbocycles. The van der Waals surface area contributed by atoms with Gasteiger partial charge in [-0.05, 0) is 18.9 Å². The van der Waals surface area contributed by atoms with Crippen LogP contribution in [0.1, 0.15) is 25.3 Å². The Hall–Kier alpha value is -0.160. The van der Waals surface area contributed by atoms with Gasteiger partial charge in [-0.25, -0.2) is 4.98 Å². The van der Waals surface area contributed by atoms with Gasteiger partial charge in [0.15, 0.2) is 0 Å². The SMILES string of the molecule is CC(C)COCCCNCc1ncc(Cl)s1. The summed E-state index contributed by atoms with van der Waals surface area (Å²) in [6, 6.07) is 0. The first-order valence-corrected chi connectivity index (χ1v) is 6.76. The Labute approximate surface area is 106 Å². The van der Waals surface area contributed by atoms with Crippen LogP contribution in [0.25, 0.3) is 0 Å². The highest BCUT2D eigenvalue weighted by Crippen LogP contribution is 2.17. The van der Waals surface area contributed by atoms with Crippen LogP contribution in [0.2, 0.25) is 4.34 Å². The molecule has 5 heteroatoms. The molecule has 1 rings (SSSR count). The summed E-state index contributed by atoms with van der Waals surface area (Å²) in [5.41, 5.74) is 0. The van der Waals surface area contributed by atoms with Crippen LogP contribution in [0.5, 0.6) is 0 Å². The lowest BCUT2D eigenvalue weighted by atomic mass is 10.2. The molecule has 0 radical (unpaired) electrons. The fourth-order valence-electron chi connectivity index (χ4n) is 1.18. The molecule has 0 saturated heterocycles. The van der Waals surface area contributed by atoms with Crippen LogP contribution in [-0.2, 0) is 11.3 Å². The van der Waals surface area contributed by atoms with Crippen molar-refractivity contribution in [3.63, 3.8) is 0 Å². The van der Waals surface area contributed by atoms with E-state index >= 15 is 0 Å². The molecule has 0 amide bonds. The number of rotatable bonds is 8. The normalized spacial score (nSPS) is 11.2. The molecule has 0 unspecified atom stereocenters. The van der Waals surface area contributed by atoms with E-state index in [1.54, 1.807) is 6.20 Å². The van der Waals surface area contributed by atoms with Crippen molar-refractivity contribution in [2.24, 2.45) is 5.92 Å². The van der Waals surface area contributed by atoms with Gasteiger partial charge in [0.05, 0.1) is 6.20 Å². The van der Waals surface area contributed by atoms with Crippen LogP contribution in [0.15, 0.2) is 6.20 Å². The molecule has 0 fully saturated rings. The second kappa shape index (κ2) is 8.01. The average Bonchev–Trinajstić information content (AvgIpc) is 2.62. The Kier molecular flexibility index (Phi) is 6.96. The molecular formula is C11H19ClN2OS. The minimum atomic E-state index is 0.616. The molecule has 1 heterocycles. The number of halogens is 1. The van der Waals surface area contributed by atoms with E-state index in [0.29, 0.717) is 5.92 Å². The van der Waals surface area contributed by atoms with E-state index < -0.39 is 0 Å². The van der Waals surface area contributed by atoms with Crippen molar-refractivity contribution in [3.05, 3.63) is 15.5 Å². The molecule has 1 N–H and O–H groups in total. The Morgan fingerprint density at radius 2 is 2.38 bits per heavy atom. The van der Waals surface area contributed by atoms with Gasteiger partial charge in [0, 0.05) is 19.8 Å². The quantitative estimate of drug-likeness (QED) is 0.732. The summed E-state index contributed by atoms with van der Waals surface area (Å²) in [7, 11) is 0. The highest BCUT2D eigenvalue weighted by atomic mass is 35.5. The summed E-state index contributed by atoms with van der Waals surface area (Å²) < 4.78 is 6.22. The Morgan fingerprint density at radius 1 is 1.56 bits per heavy atom. The lowest BCUT2D eigenvalue weighted by Crippen LogP contribution is -2.16. The van der Waals surface area contributed by atoms with Gasteiger partial charge in [-0.15, -0.1) is 11.3 Å². The number of ether oxygens (including phenoxy) is 1. The highest BCUT2D eigenvalue weighted by molar-refractivity contribution is 7.15. The van der Waals surface area contributed by atoms with Gasteiger partial charge in [0.2, 0.25) is 0 Å². The van der Waals surface area contributed by atoms with Gasteiger partial charge < -0.3 is 10.1 Å². The molecular weight excluding hydrogens is 244 g/mol. The Bertz CT molecular complexity index is 291. The third-order valence-corrected chi connectivity index (χ3v) is 3.01. The minimum Gasteiger partial charge on any atom is -0.381 e. The van der Waals surface area contributed by atoms with E-state index in [0.717, 1.165) is 42.1 Å². The summed E-state index contributed by atoms with van der Waals surface area (Å²) in [5.74, 6) is 0.616. The van der Waals surface area contributed by atoms with Crippen molar-refractivity contribution in [3.8, 4) is 0 Å². The van der Waals surface area contributed by atoms with E-state index in [4.69, 9.17) is 16.3 Å². The molecule has 0 aromatic carbocycles. The van der Waals surface area contributed by atoms with Gasteiger partial charge in [-0.2, -0.15) is 0 Å². The largest absolute Gasteiger partial charge is 0.381 e. The molecule has 0 spiro atoms. The maximum absolute atomic E-state index is 5.78. The third kappa shape index (κ3) is 6.43. The number of thiazole rings is 1. The van der Waals surface area contributed by atoms with E-state index in [1.165, 1.54) is 11.3 Å². The predicted molar refractivity (Wildman–Crippen MR) is 69.1 cm³/mol. The van der Waals surface area contributed by atoms with Crippen LogP contribution >= 0.6 is 22.9 Å². The number of hydrogen-bond donors (Lipinski definition) is 1. The molecule has 0 atom stereocenters. The number of hydrogen-bond acceptors (Lipinski definition) is 4. The molecule has 1 aromatic rings. The highest BCUT2D eigenvalue weighted by Gasteiger charge is 1.98. The zero-order chi connectivity index (χ0) is 11.8. The molecule has 0 aliphatic heterocycles. The fourth-order valence-corrected chi connectivity index (χ4v) is 2.11. The molecule has 16 heavy (non-hydrogen) atoms. The third-order valence-electron chi connectivity index (χ3n) is 1.89. The van der Waals surface area contributed by atoms with E-state index in [9.17, 15) is 0 Å². The summed E-state index contributed by atoms with van der Waals surface area (Å²) >= 11 is 7.30. The first-order valence-electron chi connectivity index (χ1n) is 5.57. The summed E-state index contributed by atoms with van der Waals surface area (Å²) in [6.07, 6.45) is 2.72. The standard InChI is InChI=1S/C11H19ClN2OS/c1-9(2)8-15-5-3-4-13-7-11-14-6-10(12)16-11/h6,9,13H,3-5,7-8H2,1-2H3. The average molecular weight is 263 g/mol. The van der Waals surface area contributed by atoms with Crippen molar-refractivity contribution in [2.75, 3.05) is 19.8 Å². The summed E-state index contributed by atoms with van der Waals surface area (Å²) in [5, 5.41) is 4.35. The Balaban J connectivity index is 1.92. The second-order valence-corrected chi connectivity index (χ2v) is 5.80. The maximum atomic E-state index is 5.78. The fraction of sp³-hybridized carbons (Fsp3) is 0.727. The van der Waals surface area contributed by atoms with Crippen molar-refractivity contribution in [1.82, 2.24) is 10.3 Å². The molecule has 0 bridgehead atoms. The number of aromatic nitrogens is 1. The van der Waals surface area contributed by atoms with Crippen molar-refractivity contribution in [2.45, 2.75) is 26.8 Å². The lowest BCUT2D eigenvalue weighted by molar-refractivity contribution is 0.108.